The van der Waals surface area contributed by atoms with Crippen LogP contribution in [0.25, 0.3) is 11.4 Å². The SMILES string of the molecule is COc1ccccc1C[C@H](C)N[C@H](c1nc(-c2cccnc2)no1)C(C)C. The van der Waals surface area contributed by atoms with E-state index in [1.807, 2.05) is 30.3 Å². The number of aromatic nitrogens is 3. The van der Waals surface area contributed by atoms with Gasteiger partial charge in [-0.05, 0) is 43.0 Å². The number of pyridine rings is 1. The van der Waals surface area contributed by atoms with Crippen LogP contribution in [0.5, 0.6) is 5.75 Å². The molecule has 0 fully saturated rings. The maximum Gasteiger partial charge on any atom is 0.244 e. The smallest absolute Gasteiger partial charge is 0.244 e. The van der Waals surface area contributed by atoms with Crippen LogP contribution in [0.1, 0.15) is 38.3 Å². The van der Waals surface area contributed by atoms with Crippen molar-refractivity contribution in [2.45, 2.75) is 39.3 Å². The van der Waals surface area contributed by atoms with Crippen LogP contribution < -0.4 is 10.1 Å². The van der Waals surface area contributed by atoms with E-state index in [9.17, 15) is 0 Å². The molecule has 2 aromatic heterocycles. The Morgan fingerprint density at radius 3 is 2.63 bits per heavy atom. The molecule has 6 nitrogen and oxygen atoms in total. The lowest BCUT2D eigenvalue weighted by Crippen LogP contribution is -2.35. The highest BCUT2D eigenvalue weighted by Gasteiger charge is 2.25. The number of ether oxygens (including phenoxy) is 1. The minimum absolute atomic E-state index is 0.0346. The van der Waals surface area contributed by atoms with Gasteiger partial charge in [-0.3, -0.25) is 4.98 Å². The summed E-state index contributed by atoms with van der Waals surface area (Å²) in [4.78, 5) is 8.70. The summed E-state index contributed by atoms with van der Waals surface area (Å²) in [7, 11) is 1.70. The van der Waals surface area contributed by atoms with Gasteiger partial charge in [0, 0.05) is 24.0 Å². The van der Waals surface area contributed by atoms with Gasteiger partial charge in [0.05, 0.1) is 13.2 Å². The quantitative estimate of drug-likeness (QED) is 0.648. The summed E-state index contributed by atoms with van der Waals surface area (Å²) in [5.41, 5.74) is 2.01. The van der Waals surface area contributed by atoms with Gasteiger partial charge < -0.3 is 14.6 Å². The van der Waals surface area contributed by atoms with Crippen molar-refractivity contribution in [1.82, 2.24) is 20.4 Å². The monoisotopic (exact) mass is 366 g/mol. The van der Waals surface area contributed by atoms with Crippen molar-refractivity contribution in [3.63, 3.8) is 0 Å². The van der Waals surface area contributed by atoms with Crippen molar-refractivity contribution < 1.29 is 9.26 Å². The molecular weight excluding hydrogens is 340 g/mol. The number of rotatable bonds is 8. The molecule has 2 heterocycles. The Hall–Kier alpha value is -2.73. The average Bonchev–Trinajstić information content (AvgIpc) is 3.17. The third-order valence-electron chi connectivity index (χ3n) is 4.48. The normalized spacial score (nSPS) is 13.5. The first-order valence-corrected chi connectivity index (χ1v) is 9.20. The molecule has 1 aromatic carbocycles. The molecule has 0 radical (unpaired) electrons. The third kappa shape index (κ3) is 4.71. The summed E-state index contributed by atoms with van der Waals surface area (Å²) in [5.74, 6) is 2.36. The van der Waals surface area contributed by atoms with E-state index < -0.39 is 0 Å². The molecule has 0 aliphatic rings. The third-order valence-corrected chi connectivity index (χ3v) is 4.48. The summed E-state index contributed by atoms with van der Waals surface area (Å²) >= 11 is 0. The average molecular weight is 366 g/mol. The molecule has 0 spiro atoms. The summed E-state index contributed by atoms with van der Waals surface area (Å²) in [6, 6.07) is 12.0. The Bertz CT molecular complexity index is 848. The van der Waals surface area contributed by atoms with E-state index >= 15 is 0 Å². The topological polar surface area (TPSA) is 73.1 Å². The molecule has 3 aromatic rings. The van der Waals surface area contributed by atoms with Crippen LogP contribution >= 0.6 is 0 Å². The zero-order valence-corrected chi connectivity index (χ0v) is 16.2. The fourth-order valence-corrected chi connectivity index (χ4v) is 3.09. The van der Waals surface area contributed by atoms with Crippen molar-refractivity contribution in [2.24, 2.45) is 5.92 Å². The van der Waals surface area contributed by atoms with Gasteiger partial charge in [0.1, 0.15) is 5.75 Å². The molecule has 1 N–H and O–H groups in total. The Kier molecular flexibility index (Phi) is 6.19. The minimum atomic E-state index is -0.0346. The number of nitrogens with zero attached hydrogens (tertiary/aromatic N) is 3. The van der Waals surface area contributed by atoms with Crippen LogP contribution in [0.2, 0.25) is 0 Å². The molecule has 0 saturated heterocycles. The van der Waals surface area contributed by atoms with Gasteiger partial charge >= 0.3 is 0 Å². The van der Waals surface area contributed by atoms with E-state index in [1.54, 1.807) is 19.5 Å². The first kappa shape index (κ1) is 19.0. The number of nitrogens with one attached hydrogen (secondary N) is 1. The zero-order chi connectivity index (χ0) is 19.2. The lowest BCUT2D eigenvalue weighted by Gasteiger charge is -2.24. The van der Waals surface area contributed by atoms with Crippen molar-refractivity contribution in [2.75, 3.05) is 7.11 Å². The van der Waals surface area contributed by atoms with Crippen LogP contribution in [0, 0.1) is 5.92 Å². The second-order valence-electron chi connectivity index (χ2n) is 7.00. The molecule has 3 rings (SSSR count). The highest BCUT2D eigenvalue weighted by molar-refractivity contribution is 5.51. The Morgan fingerprint density at radius 2 is 1.93 bits per heavy atom. The molecule has 6 heteroatoms. The van der Waals surface area contributed by atoms with E-state index in [4.69, 9.17) is 9.26 Å². The van der Waals surface area contributed by atoms with Crippen LogP contribution in [0.4, 0.5) is 0 Å². The number of hydrogen-bond donors (Lipinski definition) is 1. The van der Waals surface area contributed by atoms with E-state index in [2.05, 4.69) is 47.3 Å². The Balaban J connectivity index is 1.73. The molecule has 0 amide bonds. The number of hydrogen-bond acceptors (Lipinski definition) is 6. The number of benzene rings is 1. The van der Waals surface area contributed by atoms with Crippen LogP contribution in [0.3, 0.4) is 0 Å². The first-order valence-electron chi connectivity index (χ1n) is 9.20. The van der Waals surface area contributed by atoms with Crippen LogP contribution in [-0.4, -0.2) is 28.3 Å². The Morgan fingerprint density at radius 1 is 1.11 bits per heavy atom. The van der Waals surface area contributed by atoms with Gasteiger partial charge in [-0.15, -0.1) is 0 Å². The molecule has 0 aliphatic heterocycles. The van der Waals surface area contributed by atoms with Gasteiger partial charge in [0.15, 0.2) is 0 Å². The van der Waals surface area contributed by atoms with Gasteiger partial charge in [-0.2, -0.15) is 4.98 Å². The fourth-order valence-electron chi connectivity index (χ4n) is 3.09. The van der Waals surface area contributed by atoms with E-state index in [0.717, 1.165) is 17.7 Å². The molecule has 0 saturated carbocycles. The standard InChI is InChI=1S/C21H26N4O2/c1-14(2)19(21-24-20(25-27-21)17-9-7-11-22-13-17)23-15(3)12-16-8-5-6-10-18(16)26-4/h5-11,13-15,19,23H,12H2,1-4H3/t15-,19-/m0/s1. The highest BCUT2D eigenvalue weighted by atomic mass is 16.5. The minimum Gasteiger partial charge on any atom is -0.496 e. The van der Waals surface area contributed by atoms with Crippen molar-refractivity contribution in [3.8, 4) is 17.1 Å². The highest BCUT2D eigenvalue weighted by Crippen LogP contribution is 2.25. The van der Waals surface area contributed by atoms with Crippen LogP contribution in [0.15, 0.2) is 53.3 Å². The summed E-state index contributed by atoms with van der Waals surface area (Å²) in [5, 5.41) is 7.75. The van der Waals surface area contributed by atoms with Gasteiger partial charge in [0.2, 0.25) is 11.7 Å². The lowest BCUT2D eigenvalue weighted by molar-refractivity contribution is 0.272. The summed E-state index contributed by atoms with van der Waals surface area (Å²) in [6.45, 7) is 6.43. The summed E-state index contributed by atoms with van der Waals surface area (Å²) in [6.07, 6.45) is 4.30. The predicted octanol–water partition coefficient (Wildman–Crippen LogP) is 4.06. The molecule has 0 bridgehead atoms. The summed E-state index contributed by atoms with van der Waals surface area (Å²) < 4.78 is 11.0. The van der Waals surface area contributed by atoms with Crippen molar-refractivity contribution >= 4 is 0 Å². The zero-order valence-electron chi connectivity index (χ0n) is 16.2. The maximum absolute atomic E-state index is 5.56. The molecule has 0 aliphatic carbocycles. The fraction of sp³-hybridized carbons (Fsp3) is 0.381. The maximum atomic E-state index is 5.56. The Labute approximate surface area is 160 Å². The molecule has 27 heavy (non-hydrogen) atoms. The molecular formula is C21H26N4O2. The second kappa shape index (κ2) is 8.77. The van der Waals surface area contributed by atoms with E-state index in [1.165, 1.54) is 5.56 Å². The van der Waals surface area contributed by atoms with Gasteiger partial charge in [0.25, 0.3) is 0 Å². The van der Waals surface area contributed by atoms with Crippen molar-refractivity contribution in [3.05, 3.63) is 60.2 Å². The van der Waals surface area contributed by atoms with E-state index in [-0.39, 0.29) is 12.1 Å². The largest absolute Gasteiger partial charge is 0.496 e. The molecule has 2 atom stereocenters. The molecule has 142 valence electrons. The first-order chi connectivity index (χ1) is 13.1. The van der Waals surface area contributed by atoms with E-state index in [0.29, 0.717) is 17.6 Å². The molecule has 0 unspecified atom stereocenters. The lowest BCUT2D eigenvalue weighted by atomic mass is 10.0. The van der Waals surface area contributed by atoms with Crippen molar-refractivity contribution in [1.29, 1.82) is 0 Å². The van der Waals surface area contributed by atoms with Gasteiger partial charge in [-0.1, -0.05) is 37.2 Å². The van der Waals surface area contributed by atoms with Gasteiger partial charge in [-0.25, -0.2) is 0 Å². The predicted molar refractivity (Wildman–Crippen MR) is 104 cm³/mol. The van der Waals surface area contributed by atoms with Crippen LogP contribution in [-0.2, 0) is 6.42 Å². The number of para-hydroxylation sites is 1. The number of methoxy groups -OCH3 is 1. The second-order valence-corrected chi connectivity index (χ2v) is 7.00.